The van der Waals surface area contributed by atoms with Gasteiger partial charge in [0.05, 0.1) is 0 Å². The Morgan fingerprint density at radius 2 is 1.25 bits per heavy atom. The molecule has 0 aromatic heterocycles. The standard InChI is InChI=1S/Fe.O.S.Zn/q;-2;;+2. The maximum atomic E-state index is 3.83. The molecule has 0 aromatic rings. The smallest absolute Gasteiger partial charge is 2.00 e. The molecule has 22 valence electrons. The van der Waals surface area contributed by atoms with Crippen molar-refractivity contribution in [2.75, 3.05) is 0 Å². The molecule has 0 aliphatic carbocycles. The van der Waals surface area contributed by atoms with Gasteiger partial charge in [-0.1, -0.05) is 0 Å². The molecule has 0 saturated heterocycles. The molecule has 0 fully saturated rings. The fourth-order valence-electron chi connectivity index (χ4n) is 0. The van der Waals surface area contributed by atoms with E-state index in [2.05, 4.69) is 24.9 Å². The number of rotatable bonds is 0. The van der Waals surface area contributed by atoms with E-state index in [4.69, 9.17) is 0 Å². The third-order valence-corrected chi connectivity index (χ3v) is 0. The van der Waals surface area contributed by atoms with Crippen molar-refractivity contribution in [3.63, 3.8) is 0 Å². The average molecular weight is 169 g/mol. The fraction of sp³-hybridized carbons (Fsp3) is 0. The number of hydrogen-bond donors (Lipinski definition) is 0. The second-order valence-electron chi connectivity index (χ2n) is 0. The molecule has 0 aliphatic heterocycles. The molecule has 0 radical (unpaired) electrons. The molecule has 0 aliphatic rings. The van der Waals surface area contributed by atoms with E-state index in [1.807, 2.05) is 0 Å². The van der Waals surface area contributed by atoms with Crippen LogP contribution in [0.25, 0.3) is 0 Å². The fourth-order valence-corrected chi connectivity index (χ4v) is 0. The Hall–Kier alpha value is 1.32. The second-order valence-corrected chi connectivity index (χ2v) is 0. The maximum Gasteiger partial charge on any atom is 2.00 e. The summed E-state index contributed by atoms with van der Waals surface area (Å²) in [5.74, 6) is 0. The molecule has 0 amide bonds. The van der Waals surface area contributed by atoms with E-state index < -0.39 is 0 Å². The monoisotopic (exact) mass is 168 g/mol. The van der Waals surface area contributed by atoms with E-state index in [0.29, 0.717) is 0 Å². The van der Waals surface area contributed by atoms with Gasteiger partial charge in [-0.05, 0) is 0 Å². The Balaban J connectivity index is -0.00000000500. The molecule has 0 heterocycles. The van der Waals surface area contributed by atoms with Crippen molar-refractivity contribution in [3.05, 3.63) is 0 Å². The van der Waals surface area contributed by atoms with Crippen LogP contribution < -0.4 is 0 Å². The van der Waals surface area contributed by atoms with E-state index in [1.165, 1.54) is 0 Å². The van der Waals surface area contributed by atoms with Gasteiger partial charge in [0.15, 0.2) is 0 Å². The van der Waals surface area contributed by atoms with Gasteiger partial charge in [-0.25, -0.2) is 0 Å². The van der Waals surface area contributed by atoms with Crippen LogP contribution >= 0.6 is 10.6 Å². The molecule has 0 bridgehead atoms. The predicted octanol–water partition coefficient (Wildman–Crippen LogP) is 0.524. The normalized spacial score (nSPS) is 1.25. The first kappa shape index (κ1) is 18.4. The Bertz CT molecular complexity index is 8.00. The van der Waals surface area contributed by atoms with Gasteiger partial charge in [-0.3, -0.25) is 0 Å². The molecule has 4 heteroatoms. The van der Waals surface area contributed by atoms with Crippen LogP contribution in [0.5, 0.6) is 0 Å². The van der Waals surface area contributed by atoms with Crippen molar-refractivity contribution in [2.45, 2.75) is 0 Å². The zero-order valence-electron chi connectivity index (χ0n) is 1.88. The Morgan fingerprint density at radius 1 is 1.25 bits per heavy atom. The van der Waals surface area contributed by atoms with E-state index in [1.54, 1.807) is 0 Å². The summed E-state index contributed by atoms with van der Waals surface area (Å²) in [6.07, 6.45) is 0. The van der Waals surface area contributed by atoms with E-state index >= 15 is 0 Å². The molecule has 0 spiro atoms. The van der Waals surface area contributed by atoms with Crippen LogP contribution in [0.1, 0.15) is 0 Å². The molecular formula is FeOSZn. The molecular weight excluding hydrogens is 169 g/mol. The minimum atomic E-state index is 0. The van der Waals surface area contributed by atoms with Crippen molar-refractivity contribution in [2.24, 2.45) is 0 Å². The number of hydrogen-bond acceptors (Lipinski definition) is 1. The van der Waals surface area contributed by atoms with Gasteiger partial charge in [0.2, 0.25) is 0 Å². The summed E-state index contributed by atoms with van der Waals surface area (Å²) in [4.78, 5) is 0. The van der Waals surface area contributed by atoms with E-state index in [9.17, 15) is 0 Å². The second kappa shape index (κ2) is 27.3. The van der Waals surface area contributed by atoms with Crippen LogP contribution in [0.3, 0.4) is 0 Å². The van der Waals surface area contributed by atoms with Crippen LogP contribution in [-0.4, -0.2) is 0 Å². The molecule has 4 heavy (non-hydrogen) atoms. The van der Waals surface area contributed by atoms with Crippen LogP contribution in [0.2, 0.25) is 0 Å². The zero-order chi connectivity index (χ0) is 2.00. The van der Waals surface area contributed by atoms with Crippen molar-refractivity contribution in [3.8, 4) is 0 Å². The first-order valence-corrected chi connectivity index (χ1v) is 1.79. The van der Waals surface area contributed by atoms with E-state index in [0.717, 1.165) is 0 Å². The summed E-state index contributed by atoms with van der Waals surface area (Å²) in [6, 6.07) is 0. The van der Waals surface area contributed by atoms with Gasteiger partial charge in [-0.15, -0.1) is 0 Å². The molecule has 1 nitrogen and oxygen atoms in total. The average Bonchev–Trinajstić information content (AvgIpc) is 1.00. The van der Waals surface area contributed by atoms with Crippen molar-refractivity contribution in [1.82, 2.24) is 0 Å². The maximum absolute atomic E-state index is 3.83. The molecule has 0 unspecified atom stereocenters. The summed E-state index contributed by atoms with van der Waals surface area (Å²) in [7, 11) is 3.83. The molecule has 0 atom stereocenters. The third kappa shape index (κ3) is 10.2. The van der Waals surface area contributed by atoms with Crippen LogP contribution in [0.15, 0.2) is 0 Å². The van der Waals surface area contributed by atoms with Crippen molar-refractivity contribution < 1.29 is 39.3 Å². The summed E-state index contributed by atoms with van der Waals surface area (Å²) < 4.78 is 0. The molecule has 0 rings (SSSR count). The van der Waals surface area contributed by atoms with Gasteiger partial charge < -0.3 is 5.48 Å². The third-order valence-electron chi connectivity index (χ3n) is 0. The predicted molar refractivity (Wildman–Crippen MR) is 8.28 cm³/mol. The Kier molecular flexibility index (Phi) is 126. The quantitative estimate of drug-likeness (QED) is 0.486. The summed E-state index contributed by atoms with van der Waals surface area (Å²) in [6.45, 7) is 0. The van der Waals surface area contributed by atoms with Gasteiger partial charge in [0, 0.05) is 0 Å². The van der Waals surface area contributed by atoms with Crippen molar-refractivity contribution in [1.29, 1.82) is 0 Å². The zero-order valence-corrected chi connectivity index (χ0v) is 6.76. The van der Waals surface area contributed by atoms with Crippen molar-refractivity contribution >= 4 is 10.6 Å². The molecule has 0 saturated carbocycles. The first-order valence-electron chi connectivity index (χ1n) is 0.144. The molecule has 0 N–H and O–H groups in total. The van der Waals surface area contributed by atoms with Crippen LogP contribution in [0.4, 0.5) is 0 Å². The molecule has 0 aromatic carbocycles. The summed E-state index contributed by atoms with van der Waals surface area (Å²) >= 11 is 2.83. The minimum absolute atomic E-state index is 0. The largest absolute Gasteiger partial charge is 2.00 e. The summed E-state index contributed by atoms with van der Waals surface area (Å²) in [5, 5.41) is 0. The Labute approximate surface area is 49.9 Å². The SMILES string of the molecule is [O-2].[S]=[Fe].[Zn+2]. The minimum Gasteiger partial charge on any atom is 2.00 e. The van der Waals surface area contributed by atoms with Gasteiger partial charge in [0.25, 0.3) is 0 Å². The van der Waals surface area contributed by atoms with E-state index in [-0.39, 0.29) is 25.0 Å². The Morgan fingerprint density at radius 3 is 1.25 bits per heavy atom. The summed E-state index contributed by atoms with van der Waals surface area (Å²) in [5.41, 5.74) is 0. The van der Waals surface area contributed by atoms with Crippen LogP contribution in [-0.2, 0) is 39.3 Å². The first-order chi connectivity index (χ1) is 1.00. The van der Waals surface area contributed by atoms with Crippen LogP contribution in [0, 0.1) is 0 Å². The van der Waals surface area contributed by atoms with Gasteiger partial charge >= 0.3 is 44.4 Å². The topological polar surface area (TPSA) is 28.5 Å². The van der Waals surface area contributed by atoms with Gasteiger partial charge in [0.1, 0.15) is 0 Å². The van der Waals surface area contributed by atoms with Gasteiger partial charge in [-0.2, -0.15) is 0 Å².